The van der Waals surface area contributed by atoms with Gasteiger partial charge in [0.05, 0.1) is 17.1 Å². The number of nitrogens with zero attached hydrogens (tertiary/aromatic N) is 3. The molecule has 0 atom stereocenters. The van der Waals surface area contributed by atoms with Gasteiger partial charge in [0.15, 0.2) is 0 Å². The van der Waals surface area contributed by atoms with Crippen molar-refractivity contribution in [2.75, 3.05) is 0 Å². The molecule has 16 heavy (non-hydrogen) atoms. The first-order valence-electron chi connectivity index (χ1n) is 5.40. The third-order valence-corrected chi connectivity index (χ3v) is 2.37. The molecule has 84 valence electrons. The lowest BCUT2D eigenvalue weighted by molar-refractivity contribution is 0.355. The molecule has 3 nitrogen and oxygen atoms in total. The fraction of sp³-hybridized carbons (Fsp3) is 0.385. The topological polar surface area (TPSA) is 30.2 Å². The fourth-order valence-corrected chi connectivity index (χ4v) is 1.46. The summed E-state index contributed by atoms with van der Waals surface area (Å²) >= 11 is 0. The Balaban J connectivity index is 2.27. The Labute approximate surface area is 95.8 Å². The first-order chi connectivity index (χ1) is 7.38. The van der Waals surface area contributed by atoms with Crippen LogP contribution in [0.3, 0.4) is 0 Å². The largest absolute Gasteiger partial charge is 0.267 e. The van der Waals surface area contributed by atoms with Crippen LogP contribution in [0.1, 0.15) is 27.7 Å². The molecule has 0 N–H and O–H groups in total. The van der Waals surface area contributed by atoms with Crippen LogP contribution in [0.2, 0.25) is 0 Å². The maximum absolute atomic E-state index is 4.36. The minimum Gasteiger partial charge on any atom is -0.267 e. The van der Waals surface area contributed by atoms with Crippen molar-refractivity contribution in [1.82, 2.24) is 9.78 Å². The molecule has 0 amide bonds. The van der Waals surface area contributed by atoms with Gasteiger partial charge in [-0.05, 0) is 33.8 Å². The summed E-state index contributed by atoms with van der Waals surface area (Å²) in [6.45, 7) is 12.1. The van der Waals surface area contributed by atoms with Crippen molar-refractivity contribution in [2.24, 2.45) is 4.99 Å². The van der Waals surface area contributed by atoms with Gasteiger partial charge in [-0.3, -0.25) is 9.67 Å². The fourth-order valence-electron chi connectivity index (χ4n) is 1.46. The molecule has 3 heteroatoms. The highest BCUT2D eigenvalue weighted by Gasteiger charge is 2.17. The Kier molecular flexibility index (Phi) is 2.34. The van der Waals surface area contributed by atoms with Crippen LogP contribution in [0.25, 0.3) is 11.1 Å². The molecule has 0 saturated carbocycles. The van der Waals surface area contributed by atoms with Crippen molar-refractivity contribution in [3.05, 3.63) is 36.1 Å². The van der Waals surface area contributed by atoms with Gasteiger partial charge in [0.2, 0.25) is 0 Å². The lowest BCUT2D eigenvalue weighted by Gasteiger charge is -2.18. The first-order valence-corrected chi connectivity index (χ1v) is 5.40. The third kappa shape index (κ3) is 2.13. The Morgan fingerprint density at radius 3 is 2.62 bits per heavy atom. The van der Waals surface area contributed by atoms with Crippen molar-refractivity contribution < 1.29 is 0 Å². The van der Waals surface area contributed by atoms with E-state index < -0.39 is 0 Å². The Hall–Kier alpha value is -1.64. The van der Waals surface area contributed by atoms with Gasteiger partial charge >= 0.3 is 0 Å². The van der Waals surface area contributed by atoms with Crippen LogP contribution in [0.5, 0.6) is 0 Å². The van der Waals surface area contributed by atoms with Crippen molar-refractivity contribution >= 4 is 0 Å². The summed E-state index contributed by atoms with van der Waals surface area (Å²) in [5.74, 6) is 0. The molecule has 0 saturated heterocycles. The Morgan fingerprint density at radius 1 is 1.44 bits per heavy atom. The molecule has 0 bridgehead atoms. The molecule has 1 aromatic carbocycles. The predicted molar refractivity (Wildman–Crippen MR) is 65.4 cm³/mol. The second-order valence-corrected chi connectivity index (χ2v) is 5.13. The van der Waals surface area contributed by atoms with E-state index in [2.05, 4.69) is 49.7 Å². The maximum Gasteiger partial charge on any atom is 0.0719 e. The van der Waals surface area contributed by atoms with Crippen LogP contribution in [0.15, 0.2) is 35.7 Å². The quantitative estimate of drug-likeness (QED) is 0.757. The third-order valence-electron chi connectivity index (χ3n) is 2.37. The average Bonchev–Trinajstić information content (AvgIpc) is 2.72. The summed E-state index contributed by atoms with van der Waals surface area (Å²) in [5.41, 5.74) is 3.18. The van der Waals surface area contributed by atoms with E-state index in [1.165, 1.54) is 5.56 Å². The maximum atomic E-state index is 4.36. The number of hydrogen-bond donors (Lipinski definition) is 0. The van der Waals surface area contributed by atoms with Crippen LogP contribution >= 0.6 is 0 Å². The van der Waals surface area contributed by atoms with E-state index in [0.29, 0.717) is 0 Å². The SMILES string of the molecule is C=C(C)N=c1cc1-c1cnn(C(C)(C)C)c1. The molecule has 0 aliphatic carbocycles. The van der Waals surface area contributed by atoms with E-state index in [0.717, 1.165) is 16.6 Å². The number of allylic oxidation sites excluding steroid dienone is 1. The molecule has 2 rings (SSSR count). The molecule has 2 aromatic rings. The molecular weight excluding hydrogens is 198 g/mol. The van der Waals surface area contributed by atoms with Gasteiger partial charge in [0.1, 0.15) is 0 Å². The zero-order chi connectivity index (χ0) is 11.9. The van der Waals surface area contributed by atoms with Gasteiger partial charge in [-0.1, -0.05) is 6.58 Å². The number of aromatic nitrogens is 2. The lowest BCUT2D eigenvalue weighted by atomic mass is 10.1. The van der Waals surface area contributed by atoms with Crippen molar-refractivity contribution in [2.45, 2.75) is 33.2 Å². The molecule has 1 aromatic heterocycles. The molecular formula is C13H17N3. The molecule has 0 aliphatic heterocycles. The van der Waals surface area contributed by atoms with Crippen LogP contribution in [-0.4, -0.2) is 9.78 Å². The summed E-state index contributed by atoms with van der Waals surface area (Å²) in [5, 5.41) is 5.39. The Bertz CT molecular complexity index is 543. The zero-order valence-electron chi connectivity index (χ0n) is 10.3. The van der Waals surface area contributed by atoms with Crippen molar-refractivity contribution in [1.29, 1.82) is 0 Å². The van der Waals surface area contributed by atoms with Gasteiger partial charge in [-0.25, -0.2) is 0 Å². The predicted octanol–water partition coefficient (Wildman–Crippen LogP) is 2.62. The zero-order valence-corrected chi connectivity index (χ0v) is 10.3. The Morgan fingerprint density at radius 2 is 2.12 bits per heavy atom. The van der Waals surface area contributed by atoms with Gasteiger partial charge in [0.25, 0.3) is 0 Å². The van der Waals surface area contributed by atoms with E-state index in [4.69, 9.17) is 0 Å². The van der Waals surface area contributed by atoms with Gasteiger partial charge in [-0.15, -0.1) is 0 Å². The average molecular weight is 215 g/mol. The second kappa shape index (κ2) is 3.44. The van der Waals surface area contributed by atoms with E-state index in [1.54, 1.807) is 0 Å². The normalized spacial score (nSPS) is 13.6. The lowest BCUT2D eigenvalue weighted by Crippen LogP contribution is -2.21. The first kappa shape index (κ1) is 10.9. The molecule has 0 fully saturated rings. The summed E-state index contributed by atoms with van der Waals surface area (Å²) in [4.78, 5) is 4.31. The highest BCUT2D eigenvalue weighted by atomic mass is 15.3. The molecule has 0 aliphatic rings. The van der Waals surface area contributed by atoms with Gasteiger partial charge in [0, 0.05) is 23.0 Å². The molecule has 0 radical (unpaired) electrons. The molecule has 1 heterocycles. The second-order valence-electron chi connectivity index (χ2n) is 5.13. The van der Waals surface area contributed by atoms with Crippen molar-refractivity contribution in [3.8, 4) is 11.1 Å². The van der Waals surface area contributed by atoms with Crippen LogP contribution in [0.4, 0.5) is 0 Å². The van der Waals surface area contributed by atoms with Crippen LogP contribution in [-0.2, 0) is 5.54 Å². The number of hydrogen-bond acceptors (Lipinski definition) is 2. The minimum atomic E-state index is 0.0271. The highest BCUT2D eigenvalue weighted by Crippen LogP contribution is 2.21. The van der Waals surface area contributed by atoms with Gasteiger partial charge in [-0.2, -0.15) is 5.10 Å². The summed E-state index contributed by atoms with van der Waals surface area (Å²) in [6, 6.07) is 2.05. The van der Waals surface area contributed by atoms with Gasteiger partial charge < -0.3 is 0 Å². The van der Waals surface area contributed by atoms with Crippen LogP contribution < -0.4 is 5.36 Å². The summed E-state index contributed by atoms with van der Waals surface area (Å²) < 4.78 is 1.97. The summed E-state index contributed by atoms with van der Waals surface area (Å²) in [7, 11) is 0. The van der Waals surface area contributed by atoms with Crippen LogP contribution in [0, 0.1) is 0 Å². The summed E-state index contributed by atoms with van der Waals surface area (Å²) in [6.07, 6.45) is 3.95. The molecule has 0 unspecified atom stereocenters. The highest BCUT2D eigenvalue weighted by molar-refractivity contribution is 5.68. The van der Waals surface area contributed by atoms with E-state index in [9.17, 15) is 0 Å². The standard InChI is InChI=1S/C13H17N3/c1-9(2)15-12-6-11(12)10-7-14-16(8-10)13(3,4)5/h6-8H,1H2,2-5H3. The van der Waals surface area contributed by atoms with E-state index >= 15 is 0 Å². The minimum absolute atomic E-state index is 0.0271. The monoisotopic (exact) mass is 215 g/mol. The van der Waals surface area contributed by atoms with Crippen molar-refractivity contribution in [3.63, 3.8) is 0 Å². The van der Waals surface area contributed by atoms with E-state index in [-0.39, 0.29) is 5.54 Å². The number of rotatable bonds is 2. The molecule has 0 spiro atoms. The van der Waals surface area contributed by atoms with E-state index in [1.807, 2.05) is 17.8 Å². The smallest absolute Gasteiger partial charge is 0.0719 e.